The van der Waals surface area contributed by atoms with Crippen LogP contribution in [0.15, 0.2) is 0 Å². The minimum atomic E-state index is -0.888. The van der Waals surface area contributed by atoms with Gasteiger partial charge in [-0.05, 0) is 37.0 Å². The van der Waals surface area contributed by atoms with Gasteiger partial charge in [0.2, 0.25) is 0 Å². The molecule has 2 rings (SSSR count). The van der Waals surface area contributed by atoms with Crippen molar-refractivity contribution in [3.8, 4) is 0 Å². The second-order valence-corrected chi connectivity index (χ2v) is 32.0. The third-order valence-corrected chi connectivity index (χ3v) is 23.9. The maximum Gasteiger partial charge on any atom is 0.0480 e. The van der Waals surface area contributed by atoms with Crippen molar-refractivity contribution in [1.82, 2.24) is 0 Å². The Labute approximate surface area is 152 Å². The molecule has 0 aliphatic carbocycles. The van der Waals surface area contributed by atoms with Crippen molar-refractivity contribution in [2.45, 2.75) is 75.5 Å². The van der Waals surface area contributed by atoms with E-state index in [4.69, 9.17) is 0 Å². The molecule has 0 aromatic rings. The Morgan fingerprint density at radius 3 is 1.26 bits per heavy atom. The highest BCUT2D eigenvalue weighted by Crippen LogP contribution is 2.49. The van der Waals surface area contributed by atoms with Crippen LogP contribution in [0.25, 0.3) is 0 Å². The molecule has 0 atom stereocenters. The molecular formula is C18H42P2Si3. The van der Waals surface area contributed by atoms with Gasteiger partial charge in [0.15, 0.2) is 0 Å². The molecule has 2 fully saturated rings. The van der Waals surface area contributed by atoms with Crippen LogP contribution < -0.4 is 0 Å². The quantitative estimate of drug-likeness (QED) is 0.327. The van der Waals surface area contributed by atoms with Crippen molar-refractivity contribution in [3.05, 3.63) is 0 Å². The normalized spacial score (nSPS) is 26.3. The average molecular weight is 405 g/mol. The molecule has 0 radical (unpaired) electrons. The summed E-state index contributed by atoms with van der Waals surface area (Å²) in [6, 6.07) is 9.89. The first-order chi connectivity index (χ1) is 10.6. The first-order valence-electron chi connectivity index (χ1n) is 10.0. The largest absolute Gasteiger partial charge is 0.108 e. The molecule has 0 N–H and O–H groups in total. The molecule has 0 unspecified atom stereocenters. The first kappa shape index (κ1) is 20.8. The molecule has 2 saturated heterocycles. The smallest absolute Gasteiger partial charge is 0.0480 e. The lowest BCUT2D eigenvalue weighted by molar-refractivity contribution is 1.16. The van der Waals surface area contributed by atoms with Gasteiger partial charge in [-0.25, -0.2) is 0 Å². The Hall–Kier alpha value is 1.51. The van der Waals surface area contributed by atoms with E-state index >= 15 is 0 Å². The third kappa shape index (κ3) is 7.73. The van der Waals surface area contributed by atoms with E-state index in [2.05, 4.69) is 39.3 Å². The van der Waals surface area contributed by atoms with Crippen LogP contribution in [-0.2, 0) is 0 Å². The molecule has 23 heavy (non-hydrogen) atoms. The molecule has 0 nitrogen and oxygen atoms in total. The van der Waals surface area contributed by atoms with Crippen LogP contribution in [0.2, 0.25) is 75.5 Å². The van der Waals surface area contributed by atoms with Crippen molar-refractivity contribution in [1.29, 1.82) is 0 Å². The van der Waals surface area contributed by atoms with Gasteiger partial charge in [-0.2, -0.15) is 0 Å². The lowest BCUT2D eigenvalue weighted by Crippen LogP contribution is -2.33. The van der Waals surface area contributed by atoms with E-state index in [9.17, 15) is 0 Å². The second-order valence-electron chi connectivity index (χ2n) is 10.7. The van der Waals surface area contributed by atoms with E-state index in [1.807, 2.05) is 0 Å². The summed E-state index contributed by atoms with van der Waals surface area (Å²) in [4.78, 5) is 0. The molecule has 0 aromatic carbocycles. The predicted octanol–water partition coefficient (Wildman–Crippen LogP) is 7.10. The molecule has 136 valence electrons. The van der Waals surface area contributed by atoms with Crippen molar-refractivity contribution < 1.29 is 0 Å². The highest BCUT2D eigenvalue weighted by molar-refractivity contribution is 7.59. The average Bonchev–Trinajstić information content (AvgIpc) is 2.45. The highest BCUT2D eigenvalue weighted by Gasteiger charge is 2.31. The Balaban J connectivity index is 1.65. The standard InChI is InChI=1S/C18H42P2Si3/c1-21(2,13-7-19-9-15-22(3,4)16-10-19)14-8-20-11-17-23(5,6)18-12-20/h7-18H2,1-6H3. The van der Waals surface area contributed by atoms with Gasteiger partial charge in [0.05, 0.1) is 0 Å². The zero-order valence-electron chi connectivity index (χ0n) is 16.9. The minimum absolute atomic E-state index is 0.448. The maximum absolute atomic E-state index is 2.71. The minimum Gasteiger partial charge on any atom is -0.108 e. The van der Waals surface area contributed by atoms with Crippen LogP contribution in [0, 0.1) is 0 Å². The first-order valence-corrected chi connectivity index (χ1v) is 24.1. The molecule has 0 aromatic heterocycles. The van der Waals surface area contributed by atoms with Crippen LogP contribution in [0.5, 0.6) is 0 Å². The van der Waals surface area contributed by atoms with E-state index in [1.54, 1.807) is 73.2 Å². The van der Waals surface area contributed by atoms with Gasteiger partial charge in [0.25, 0.3) is 0 Å². The fourth-order valence-electron chi connectivity index (χ4n) is 3.81. The summed E-state index contributed by atoms with van der Waals surface area (Å²) in [6.07, 6.45) is 9.88. The van der Waals surface area contributed by atoms with Crippen LogP contribution in [-0.4, -0.2) is 61.2 Å². The fourth-order valence-corrected chi connectivity index (χ4v) is 28.0. The summed E-state index contributed by atoms with van der Waals surface area (Å²) < 4.78 is 0. The SMILES string of the molecule is C[Si]1(C)CCP(CC[Si](C)(C)CCP2CC[Si](C)(C)CC2)CC1. The Bertz CT molecular complexity index is 328. The second kappa shape index (κ2) is 8.47. The summed E-state index contributed by atoms with van der Waals surface area (Å²) in [6.45, 7) is 15.9. The summed E-state index contributed by atoms with van der Waals surface area (Å²) >= 11 is 0. The number of rotatable bonds is 6. The van der Waals surface area contributed by atoms with Gasteiger partial charge in [-0.1, -0.05) is 75.5 Å². The molecule has 0 saturated carbocycles. The molecule has 2 aliphatic heterocycles. The van der Waals surface area contributed by atoms with E-state index in [-0.39, 0.29) is 0 Å². The molecular weight excluding hydrogens is 362 g/mol. The fraction of sp³-hybridized carbons (Fsp3) is 1.00. The molecule has 2 aliphatic rings. The third-order valence-electron chi connectivity index (χ3n) is 6.63. The topological polar surface area (TPSA) is 0 Å². The van der Waals surface area contributed by atoms with Crippen LogP contribution in [0.4, 0.5) is 0 Å². The van der Waals surface area contributed by atoms with E-state index in [0.29, 0.717) is 15.8 Å². The Morgan fingerprint density at radius 1 is 0.652 bits per heavy atom. The van der Waals surface area contributed by atoms with Gasteiger partial charge in [-0.3, -0.25) is 0 Å². The van der Waals surface area contributed by atoms with Crippen molar-refractivity contribution in [2.24, 2.45) is 0 Å². The summed E-state index contributed by atoms with van der Waals surface area (Å²) in [5.74, 6) is 0. The zero-order chi connectivity index (χ0) is 17.1. The highest BCUT2D eigenvalue weighted by atomic mass is 31.1. The summed E-state index contributed by atoms with van der Waals surface area (Å²) in [7, 11) is -1.44. The van der Waals surface area contributed by atoms with Crippen molar-refractivity contribution in [3.63, 3.8) is 0 Å². The van der Waals surface area contributed by atoms with E-state index in [1.165, 1.54) is 0 Å². The van der Waals surface area contributed by atoms with E-state index in [0.717, 1.165) is 0 Å². The van der Waals surface area contributed by atoms with Gasteiger partial charge >= 0.3 is 0 Å². The lowest BCUT2D eigenvalue weighted by atomic mass is 10.9. The van der Waals surface area contributed by atoms with E-state index < -0.39 is 24.2 Å². The van der Waals surface area contributed by atoms with Crippen molar-refractivity contribution in [2.75, 3.05) is 37.0 Å². The lowest BCUT2D eigenvalue weighted by Gasteiger charge is -2.36. The summed E-state index contributed by atoms with van der Waals surface area (Å²) in [5, 5.41) is 0. The molecule has 0 amide bonds. The summed E-state index contributed by atoms with van der Waals surface area (Å²) in [5.41, 5.74) is 0. The Kier molecular flexibility index (Phi) is 7.66. The van der Waals surface area contributed by atoms with Crippen molar-refractivity contribution >= 4 is 40.1 Å². The van der Waals surface area contributed by atoms with Crippen LogP contribution in [0.1, 0.15) is 0 Å². The van der Waals surface area contributed by atoms with Crippen LogP contribution >= 0.6 is 15.8 Å². The van der Waals surface area contributed by atoms with Gasteiger partial charge in [0.1, 0.15) is 0 Å². The zero-order valence-corrected chi connectivity index (χ0v) is 21.7. The Morgan fingerprint density at radius 2 is 0.957 bits per heavy atom. The molecule has 0 spiro atoms. The molecule has 0 bridgehead atoms. The predicted molar refractivity (Wildman–Crippen MR) is 124 cm³/mol. The maximum atomic E-state index is 2.71. The van der Waals surface area contributed by atoms with Crippen LogP contribution in [0.3, 0.4) is 0 Å². The number of hydrogen-bond donors (Lipinski definition) is 0. The van der Waals surface area contributed by atoms with Gasteiger partial charge < -0.3 is 0 Å². The number of hydrogen-bond acceptors (Lipinski definition) is 0. The molecule has 5 heteroatoms. The monoisotopic (exact) mass is 404 g/mol. The van der Waals surface area contributed by atoms with Gasteiger partial charge in [-0.15, -0.1) is 15.8 Å². The molecule has 2 heterocycles. The van der Waals surface area contributed by atoms with Gasteiger partial charge in [0, 0.05) is 24.2 Å².